The highest BCUT2D eigenvalue weighted by Crippen LogP contribution is 2.33. The molecular formula is C19H22N6O4S. The molecule has 1 aliphatic carbocycles. The predicted molar refractivity (Wildman–Crippen MR) is 113 cm³/mol. The Labute approximate surface area is 175 Å². The van der Waals surface area contributed by atoms with Gasteiger partial charge in [-0.1, -0.05) is 0 Å². The molecule has 0 saturated heterocycles. The van der Waals surface area contributed by atoms with Crippen molar-refractivity contribution in [1.82, 2.24) is 19.4 Å². The molecule has 3 heterocycles. The highest BCUT2D eigenvalue weighted by atomic mass is 32.1. The van der Waals surface area contributed by atoms with Gasteiger partial charge in [-0.2, -0.15) is 5.10 Å². The molecule has 3 aromatic rings. The average molecular weight is 430 g/mol. The summed E-state index contributed by atoms with van der Waals surface area (Å²) in [5, 5.41) is 15.9. The van der Waals surface area contributed by atoms with Crippen LogP contribution in [0.2, 0.25) is 0 Å². The third-order valence-electron chi connectivity index (χ3n) is 5.47. The summed E-state index contributed by atoms with van der Waals surface area (Å²) in [7, 11) is 0. The Bertz CT molecular complexity index is 1240. The number of carbonyl (C=O) groups excluding carboxylic acids is 1. The first-order valence-corrected chi connectivity index (χ1v) is 10.6. The summed E-state index contributed by atoms with van der Waals surface area (Å²) in [5.41, 5.74) is 4.10. The van der Waals surface area contributed by atoms with E-state index in [2.05, 4.69) is 15.5 Å². The van der Waals surface area contributed by atoms with Gasteiger partial charge in [-0.15, -0.1) is 11.3 Å². The number of fused-ring (bicyclic) bond motifs is 3. The number of hydrogen-bond donors (Lipinski definition) is 1. The van der Waals surface area contributed by atoms with Crippen molar-refractivity contribution >= 4 is 33.1 Å². The fourth-order valence-electron chi connectivity index (χ4n) is 4.00. The van der Waals surface area contributed by atoms with Gasteiger partial charge in [0.25, 0.3) is 5.56 Å². The van der Waals surface area contributed by atoms with Crippen LogP contribution in [-0.2, 0) is 24.2 Å². The Morgan fingerprint density at radius 1 is 1.27 bits per heavy atom. The lowest BCUT2D eigenvalue weighted by atomic mass is 9.97. The molecule has 30 heavy (non-hydrogen) atoms. The Morgan fingerprint density at radius 2 is 2.00 bits per heavy atom. The van der Waals surface area contributed by atoms with E-state index in [1.807, 2.05) is 0 Å². The van der Waals surface area contributed by atoms with Crippen molar-refractivity contribution in [3.8, 4) is 0 Å². The molecule has 1 aliphatic rings. The number of amides is 1. The molecule has 0 saturated carbocycles. The summed E-state index contributed by atoms with van der Waals surface area (Å²) in [6, 6.07) is 0. The molecule has 158 valence electrons. The number of hydrogen-bond acceptors (Lipinski definition) is 7. The molecule has 10 nitrogen and oxygen atoms in total. The number of aryl methyl sites for hydroxylation is 5. The standard InChI is InChI=1S/C19H22N6O4S/c1-10-17(25(28)29)11(2)23(21-10)9-8-15(26)22-24-12(3)20-18-16(19(24)27)13-6-4-5-7-14(13)30-18/h4-9H2,1-3H3,(H,22,26). The van der Waals surface area contributed by atoms with Gasteiger partial charge in [0, 0.05) is 11.3 Å². The van der Waals surface area contributed by atoms with Gasteiger partial charge in [-0.05, 0) is 52.0 Å². The molecule has 11 heteroatoms. The van der Waals surface area contributed by atoms with E-state index in [0.29, 0.717) is 22.6 Å². The van der Waals surface area contributed by atoms with Crippen molar-refractivity contribution in [1.29, 1.82) is 0 Å². The van der Waals surface area contributed by atoms with Gasteiger partial charge in [0.2, 0.25) is 5.91 Å². The second-order valence-corrected chi connectivity index (χ2v) is 8.56. The van der Waals surface area contributed by atoms with Crippen LogP contribution in [0.1, 0.15) is 46.9 Å². The number of nitrogens with one attached hydrogen (secondary N) is 1. The topological polar surface area (TPSA) is 125 Å². The van der Waals surface area contributed by atoms with Crippen molar-refractivity contribution in [2.24, 2.45) is 0 Å². The van der Waals surface area contributed by atoms with Crippen LogP contribution in [0.15, 0.2) is 4.79 Å². The van der Waals surface area contributed by atoms with E-state index in [9.17, 15) is 19.7 Å². The molecule has 0 fully saturated rings. The van der Waals surface area contributed by atoms with Crippen LogP contribution in [0.5, 0.6) is 0 Å². The highest BCUT2D eigenvalue weighted by molar-refractivity contribution is 7.18. The summed E-state index contributed by atoms with van der Waals surface area (Å²) in [6.07, 6.45) is 4.02. The minimum absolute atomic E-state index is 0.0186. The normalized spacial score (nSPS) is 13.4. The number of nitrogens with zero attached hydrogens (tertiary/aromatic N) is 5. The van der Waals surface area contributed by atoms with Gasteiger partial charge < -0.3 is 0 Å². The molecule has 1 amide bonds. The minimum atomic E-state index is -0.473. The molecule has 0 atom stereocenters. The highest BCUT2D eigenvalue weighted by Gasteiger charge is 2.23. The summed E-state index contributed by atoms with van der Waals surface area (Å²) in [4.78, 5) is 42.7. The Hall–Kier alpha value is -3.08. The van der Waals surface area contributed by atoms with E-state index in [-0.39, 0.29) is 30.1 Å². The maximum Gasteiger partial charge on any atom is 0.312 e. The van der Waals surface area contributed by atoms with Crippen molar-refractivity contribution in [2.75, 3.05) is 5.43 Å². The fraction of sp³-hybridized carbons (Fsp3) is 0.474. The van der Waals surface area contributed by atoms with Crippen LogP contribution in [0.3, 0.4) is 0 Å². The summed E-state index contributed by atoms with van der Waals surface area (Å²) >= 11 is 1.57. The van der Waals surface area contributed by atoms with Crippen LogP contribution < -0.4 is 11.0 Å². The van der Waals surface area contributed by atoms with Crippen LogP contribution in [0, 0.1) is 30.9 Å². The van der Waals surface area contributed by atoms with Gasteiger partial charge >= 0.3 is 5.69 Å². The van der Waals surface area contributed by atoms with Crippen LogP contribution in [0.25, 0.3) is 10.2 Å². The second kappa shape index (κ2) is 7.63. The van der Waals surface area contributed by atoms with E-state index in [4.69, 9.17) is 0 Å². The quantitative estimate of drug-likeness (QED) is 0.490. The van der Waals surface area contributed by atoms with E-state index in [1.165, 1.54) is 14.2 Å². The zero-order chi connectivity index (χ0) is 21.6. The molecule has 3 aromatic heterocycles. The molecule has 0 radical (unpaired) electrons. The van der Waals surface area contributed by atoms with E-state index >= 15 is 0 Å². The van der Waals surface area contributed by atoms with Crippen molar-refractivity contribution in [3.63, 3.8) is 0 Å². The maximum atomic E-state index is 13.1. The lowest BCUT2D eigenvalue weighted by molar-refractivity contribution is -0.386. The molecule has 0 aromatic carbocycles. The second-order valence-electron chi connectivity index (χ2n) is 7.48. The zero-order valence-corrected chi connectivity index (χ0v) is 17.8. The summed E-state index contributed by atoms with van der Waals surface area (Å²) in [5.74, 6) is 0.0295. The number of rotatable bonds is 5. The number of thiophene rings is 1. The fourth-order valence-corrected chi connectivity index (χ4v) is 5.29. The molecule has 4 rings (SSSR count). The molecule has 1 N–H and O–H groups in total. The lowest BCUT2D eigenvalue weighted by Crippen LogP contribution is -2.36. The summed E-state index contributed by atoms with van der Waals surface area (Å²) in [6.45, 7) is 5.02. The Balaban J connectivity index is 1.56. The van der Waals surface area contributed by atoms with E-state index in [1.54, 1.807) is 32.1 Å². The van der Waals surface area contributed by atoms with Crippen LogP contribution in [0.4, 0.5) is 5.69 Å². The van der Waals surface area contributed by atoms with Crippen LogP contribution in [-0.4, -0.2) is 30.3 Å². The maximum absolute atomic E-state index is 13.1. The molecule has 0 unspecified atom stereocenters. The first-order chi connectivity index (χ1) is 14.3. The zero-order valence-electron chi connectivity index (χ0n) is 17.0. The largest absolute Gasteiger partial charge is 0.312 e. The Morgan fingerprint density at radius 3 is 2.70 bits per heavy atom. The monoisotopic (exact) mass is 430 g/mol. The first-order valence-electron chi connectivity index (χ1n) is 9.80. The molecule has 0 bridgehead atoms. The Kier molecular flexibility index (Phi) is 5.14. The third-order valence-corrected chi connectivity index (χ3v) is 6.66. The van der Waals surface area contributed by atoms with Crippen molar-refractivity contribution in [2.45, 2.75) is 59.4 Å². The third kappa shape index (κ3) is 3.38. The van der Waals surface area contributed by atoms with Gasteiger partial charge in [-0.25, -0.2) is 9.66 Å². The lowest BCUT2D eigenvalue weighted by Gasteiger charge is -2.13. The van der Waals surface area contributed by atoms with E-state index < -0.39 is 4.92 Å². The van der Waals surface area contributed by atoms with Gasteiger partial charge in [-0.3, -0.25) is 29.8 Å². The number of nitro groups is 1. The van der Waals surface area contributed by atoms with Crippen molar-refractivity contribution in [3.05, 3.63) is 48.1 Å². The first kappa shape index (κ1) is 20.2. The van der Waals surface area contributed by atoms with Gasteiger partial charge in [0.1, 0.15) is 22.0 Å². The summed E-state index contributed by atoms with van der Waals surface area (Å²) < 4.78 is 2.65. The van der Waals surface area contributed by atoms with E-state index in [0.717, 1.165) is 36.1 Å². The average Bonchev–Trinajstić information content (AvgIpc) is 3.19. The smallest absolute Gasteiger partial charge is 0.273 e. The predicted octanol–water partition coefficient (Wildman–Crippen LogP) is 2.53. The van der Waals surface area contributed by atoms with Gasteiger partial charge in [0.05, 0.1) is 16.9 Å². The number of carbonyl (C=O) groups is 1. The number of aromatic nitrogens is 4. The molecule has 0 spiro atoms. The minimum Gasteiger partial charge on any atom is -0.273 e. The van der Waals surface area contributed by atoms with Crippen LogP contribution >= 0.6 is 11.3 Å². The SMILES string of the molecule is Cc1nn(CCC(=O)Nn2c(C)nc3sc4c(c3c2=O)CCCC4)c(C)c1[N+](=O)[O-]. The van der Waals surface area contributed by atoms with Crippen molar-refractivity contribution < 1.29 is 9.72 Å². The molecule has 0 aliphatic heterocycles. The van der Waals surface area contributed by atoms with Gasteiger partial charge in [0.15, 0.2) is 0 Å². The molecular weight excluding hydrogens is 408 g/mol.